The molecule has 0 atom stereocenters. The van der Waals surface area contributed by atoms with Crippen LogP contribution in [-0.2, 0) is 16.6 Å². The maximum atomic E-state index is 13.3. The average molecular weight is 222 g/mol. The molecule has 1 saturated carbocycles. The van der Waals surface area contributed by atoms with E-state index in [2.05, 4.69) is 0 Å². The van der Waals surface area contributed by atoms with E-state index in [0.29, 0.717) is 12.0 Å². The fourth-order valence-corrected chi connectivity index (χ4v) is 2.18. The van der Waals surface area contributed by atoms with Crippen molar-refractivity contribution in [2.24, 2.45) is 0 Å². The number of aliphatic carboxylic acids is 1. The second-order valence-electron chi connectivity index (χ2n) is 4.51. The Morgan fingerprint density at radius 1 is 1.50 bits per heavy atom. The predicted octanol–water partition coefficient (Wildman–Crippen LogP) is 2.89. The van der Waals surface area contributed by atoms with Crippen LogP contribution in [0.5, 0.6) is 0 Å². The maximum Gasteiger partial charge on any atom is 0.304 e. The Balaban J connectivity index is 2.30. The number of hydrogen-bond donors (Lipinski definition) is 1. The van der Waals surface area contributed by atoms with E-state index < -0.39 is 5.97 Å². The van der Waals surface area contributed by atoms with Crippen LogP contribution in [0.25, 0.3) is 0 Å². The lowest BCUT2D eigenvalue weighted by Crippen LogP contribution is -2.13. The molecule has 0 aromatic heterocycles. The molecular formula is C13H15FO2. The molecule has 2 nitrogen and oxygen atoms in total. The number of benzene rings is 1. The molecule has 1 aromatic rings. The quantitative estimate of drug-likeness (QED) is 0.850. The van der Waals surface area contributed by atoms with Crippen LogP contribution in [0.2, 0.25) is 0 Å². The molecule has 0 spiro atoms. The van der Waals surface area contributed by atoms with Crippen molar-refractivity contribution >= 4 is 5.97 Å². The molecule has 0 amide bonds. The average Bonchev–Trinajstić information content (AvgIpc) is 2.98. The molecule has 0 saturated heterocycles. The highest BCUT2D eigenvalue weighted by Gasteiger charge is 2.46. The van der Waals surface area contributed by atoms with Gasteiger partial charge in [-0.3, -0.25) is 4.79 Å². The Morgan fingerprint density at radius 3 is 2.69 bits per heavy atom. The largest absolute Gasteiger partial charge is 0.481 e. The van der Waals surface area contributed by atoms with Crippen molar-refractivity contribution in [3.8, 4) is 0 Å². The standard InChI is InChI=1S/C13H15FO2/c1-2-9-7-10(3-4-11(9)14)13(5-6-13)8-12(15)16/h3-4,7H,2,5-6,8H2,1H3,(H,15,16). The monoisotopic (exact) mass is 222 g/mol. The van der Waals surface area contributed by atoms with Gasteiger partial charge in [0.1, 0.15) is 5.82 Å². The Morgan fingerprint density at radius 2 is 2.19 bits per heavy atom. The summed E-state index contributed by atoms with van der Waals surface area (Å²) in [4.78, 5) is 10.8. The molecule has 86 valence electrons. The van der Waals surface area contributed by atoms with E-state index in [9.17, 15) is 9.18 Å². The van der Waals surface area contributed by atoms with E-state index in [1.54, 1.807) is 6.07 Å². The Kier molecular flexibility index (Phi) is 2.70. The molecule has 0 bridgehead atoms. The van der Waals surface area contributed by atoms with Crippen LogP contribution in [0.1, 0.15) is 37.3 Å². The van der Waals surface area contributed by atoms with Gasteiger partial charge in [-0.2, -0.15) is 0 Å². The summed E-state index contributed by atoms with van der Waals surface area (Å²) in [6, 6.07) is 5.01. The van der Waals surface area contributed by atoms with Crippen LogP contribution < -0.4 is 0 Å². The molecule has 1 fully saturated rings. The molecule has 1 aliphatic carbocycles. The highest BCUT2D eigenvalue weighted by molar-refractivity contribution is 5.70. The number of carboxylic acids is 1. The van der Waals surface area contributed by atoms with Gasteiger partial charge >= 0.3 is 5.97 Å². The number of aryl methyl sites for hydroxylation is 1. The maximum absolute atomic E-state index is 13.3. The molecule has 3 heteroatoms. The van der Waals surface area contributed by atoms with Crippen molar-refractivity contribution in [3.63, 3.8) is 0 Å². The minimum atomic E-state index is -0.778. The summed E-state index contributed by atoms with van der Waals surface area (Å²) in [5, 5.41) is 8.86. The van der Waals surface area contributed by atoms with E-state index in [-0.39, 0.29) is 17.7 Å². The molecule has 16 heavy (non-hydrogen) atoms. The lowest BCUT2D eigenvalue weighted by atomic mass is 9.90. The highest BCUT2D eigenvalue weighted by atomic mass is 19.1. The third-order valence-electron chi connectivity index (χ3n) is 3.38. The zero-order valence-corrected chi connectivity index (χ0v) is 9.29. The second kappa shape index (κ2) is 3.89. The second-order valence-corrected chi connectivity index (χ2v) is 4.51. The van der Waals surface area contributed by atoms with Gasteiger partial charge in [0.15, 0.2) is 0 Å². The Hall–Kier alpha value is -1.38. The van der Waals surface area contributed by atoms with Gasteiger partial charge in [-0.25, -0.2) is 4.39 Å². The zero-order chi connectivity index (χ0) is 11.8. The molecule has 0 radical (unpaired) electrons. The highest BCUT2D eigenvalue weighted by Crippen LogP contribution is 2.51. The zero-order valence-electron chi connectivity index (χ0n) is 9.29. The lowest BCUT2D eigenvalue weighted by molar-refractivity contribution is -0.137. The summed E-state index contributed by atoms with van der Waals surface area (Å²) in [7, 11) is 0. The van der Waals surface area contributed by atoms with Crippen molar-refractivity contribution in [1.82, 2.24) is 0 Å². The molecule has 2 rings (SSSR count). The van der Waals surface area contributed by atoms with Gasteiger partial charge in [0.25, 0.3) is 0 Å². The fraction of sp³-hybridized carbons (Fsp3) is 0.462. The normalized spacial score (nSPS) is 17.1. The van der Waals surface area contributed by atoms with Crippen LogP contribution in [-0.4, -0.2) is 11.1 Å². The fourth-order valence-electron chi connectivity index (χ4n) is 2.18. The summed E-state index contributed by atoms with van der Waals surface area (Å²) < 4.78 is 13.3. The van der Waals surface area contributed by atoms with E-state index in [1.165, 1.54) is 6.07 Å². The smallest absolute Gasteiger partial charge is 0.304 e. The predicted molar refractivity (Wildman–Crippen MR) is 58.9 cm³/mol. The van der Waals surface area contributed by atoms with E-state index in [1.807, 2.05) is 13.0 Å². The molecule has 0 unspecified atom stereocenters. The first-order chi connectivity index (χ1) is 7.57. The van der Waals surface area contributed by atoms with Crippen LogP contribution in [0.15, 0.2) is 18.2 Å². The van der Waals surface area contributed by atoms with E-state index in [0.717, 1.165) is 18.4 Å². The lowest BCUT2D eigenvalue weighted by Gasteiger charge is -2.14. The van der Waals surface area contributed by atoms with Gasteiger partial charge in [-0.1, -0.05) is 19.1 Å². The number of carbonyl (C=O) groups is 1. The SMILES string of the molecule is CCc1cc(C2(CC(=O)O)CC2)ccc1F. The summed E-state index contributed by atoms with van der Waals surface area (Å²) in [5.41, 5.74) is 1.44. The van der Waals surface area contributed by atoms with Gasteiger partial charge in [-0.15, -0.1) is 0 Å². The third-order valence-corrected chi connectivity index (χ3v) is 3.38. The summed E-state index contributed by atoms with van der Waals surface area (Å²) >= 11 is 0. The first kappa shape index (κ1) is 11.1. The van der Waals surface area contributed by atoms with Crippen molar-refractivity contribution in [2.45, 2.75) is 38.0 Å². The topological polar surface area (TPSA) is 37.3 Å². The van der Waals surface area contributed by atoms with Crippen LogP contribution in [0.4, 0.5) is 4.39 Å². The van der Waals surface area contributed by atoms with Gasteiger partial charge < -0.3 is 5.11 Å². The summed E-state index contributed by atoms with van der Waals surface area (Å²) in [5.74, 6) is -0.975. The third kappa shape index (κ3) is 1.94. The molecule has 1 aromatic carbocycles. The van der Waals surface area contributed by atoms with Gasteiger partial charge in [0.2, 0.25) is 0 Å². The number of hydrogen-bond acceptors (Lipinski definition) is 1. The van der Waals surface area contributed by atoms with Crippen LogP contribution >= 0.6 is 0 Å². The minimum Gasteiger partial charge on any atom is -0.481 e. The number of rotatable bonds is 4. The first-order valence-electron chi connectivity index (χ1n) is 5.58. The van der Waals surface area contributed by atoms with Gasteiger partial charge in [-0.05, 0) is 36.5 Å². The molecular weight excluding hydrogens is 207 g/mol. The molecule has 1 N–H and O–H groups in total. The Labute approximate surface area is 94.1 Å². The van der Waals surface area contributed by atoms with Crippen LogP contribution in [0.3, 0.4) is 0 Å². The first-order valence-corrected chi connectivity index (χ1v) is 5.58. The Bertz CT molecular complexity index is 422. The van der Waals surface area contributed by atoms with Crippen LogP contribution in [0, 0.1) is 5.82 Å². The van der Waals surface area contributed by atoms with Crippen molar-refractivity contribution < 1.29 is 14.3 Å². The van der Waals surface area contributed by atoms with Crippen molar-refractivity contribution in [1.29, 1.82) is 0 Å². The van der Waals surface area contributed by atoms with Crippen molar-refractivity contribution in [2.75, 3.05) is 0 Å². The van der Waals surface area contributed by atoms with E-state index >= 15 is 0 Å². The summed E-state index contributed by atoms with van der Waals surface area (Å²) in [6.07, 6.45) is 2.59. The van der Waals surface area contributed by atoms with E-state index in [4.69, 9.17) is 5.11 Å². The molecule has 1 aliphatic rings. The molecule has 0 aliphatic heterocycles. The molecule has 0 heterocycles. The summed E-state index contributed by atoms with van der Waals surface area (Å²) in [6.45, 7) is 1.90. The number of carboxylic acid groups (broad SMARTS) is 1. The van der Waals surface area contributed by atoms with Crippen molar-refractivity contribution in [3.05, 3.63) is 35.1 Å². The number of halogens is 1. The van der Waals surface area contributed by atoms with Gasteiger partial charge in [0, 0.05) is 5.41 Å². The van der Waals surface area contributed by atoms with Gasteiger partial charge in [0.05, 0.1) is 6.42 Å². The minimum absolute atomic E-state index is 0.155.